The lowest BCUT2D eigenvalue weighted by molar-refractivity contribution is 0.0597. The van der Waals surface area contributed by atoms with E-state index in [2.05, 4.69) is 4.90 Å². The highest BCUT2D eigenvalue weighted by molar-refractivity contribution is 6.30. The van der Waals surface area contributed by atoms with Crippen molar-refractivity contribution in [3.63, 3.8) is 0 Å². The van der Waals surface area contributed by atoms with E-state index >= 15 is 0 Å². The summed E-state index contributed by atoms with van der Waals surface area (Å²) in [6.07, 6.45) is 1.53. The van der Waals surface area contributed by atoms with Gasteiger partial charge in [0, 0.05) is 17.6 Å². The molecule has 19 heavy (non-hydrogen) atoms. The number of halogens is 1. The lowest BCUT2D eigenvalue weighted by Crippen LogP contribution is -2.44. The molecular formula is C14H21ClN2O2. The van der Waals surface area contributed by atoms with Gasteiger partial charge in [-0.3, -0.25) is 0 Å². The third-order valence-corrected chi connectivity index (χ3v) is 3.61. The van der Waals surface area contributed by atoms with Crippen LogP contribution in [-0.4, -0.2) is 48.4 Å². The van der Waals surface area contributed by atoms with Gasteiger partial charge in [0.1, 0.15) is 18.5 Å². The highest BCUT2D eigenvalue weighted by Gasteiger charge is 2.18. The van der Waals surface area contributed by atoms with Gasteiger partial charge >= 0.3 is 0 Å². The van der Waals surface area contributed by atoms with Gasteiger partial charge < -0.3 is 20.5 Å². The molecule has 1 saturated heterocycles. The molecule has 0 bridgehead atoms. The number of benzene rings is 1. The van der Waals surface area contributed by atoms with Gasteiger partial charge in [-0.05, 0) is 50.2 Å². The molecule has 3 N–H and O–H groups in total. The minimum absolute atomic E-state index is 0.296. The van der Waals surface area contributed by atoms with E-state index in [1.165, 1.54) is 0 Å². The summed E-state index contributed by atoms with van der Waals surface area (Å²) in [5.41, 5.74) is 5.85. The minimum atomic E-state index is -0.481. The maximum absolute atomic E-state index is 9.96. The molecule has 1 aliphatic rings. The fourth-order valence-corrected chi connectivity index (χ4v) is 2.34. The molecule has 1 aromatic rings. The number of hydrogen-bond acceptors (Lipinski definition) is 4. The standard InChI is InChI=1S/C14H21ClN2O2/c15-11-1-3-14(4-2-11)19-10-13(18)9-17-7-5-12(16)6-8-17/h1-4,12-13,18H,5-10,16H2. The van der Waals surface area contributed by atoms with Crippen LogP contribution < -0.4 is 10.5 Å². The first-order chi connectivity index (χ1) is 9.13. The molecule has 0 aliphatic carbocycles. The predicted octanol–water partition coefficient (Wildman–Crippen LogP) is 1.50. The van der Waals surface area contributed by atoms with Crippen LogP contribution in [0.25, 0.3) is 0 Å². The molecule has 1 aliphatic heterocycles. The third kappa shape index (κ3) is 4.99. The predicted molar refractivity (Wildman–Crippen MR) is 76.6 cm³/mol. The third-order valence-electron chi connectivity index (χ3n) is 3.36. The number of ether oxygens (including phenoxy) is 1. The summed E-state index contributed by atoms with van der Waals surface area (Å²) in [4.78, 5) is 2.24. The van der Waals surface area contributed by atoms with Crippen molar-refractivity contribution in [2.45, 2.75) is 25.0 Å². The van der Waals surface area contributed by atoms with E-state index in [9.17, 15) is 5.11 Å². The zero-order valence-corrected chi connectivity index (χ0v) is 11.7. The van der Waals surface area contributed by atoms with E-state index in [-0.39, 0.29) is 0 Å². The first kappa shape index (κ1) is 14.6. The molecular weight excluding hydrogens is 264 g/mol. The van der Waals surface area contributed by atoms with Gasteiger partial charge in [0.05, 0.1) is 0 Å². The maximum atomic E-state index is 9.96. The SMILES string of the molecule is NC1CCN(CC(O)COc2ccc(Cl)cc2)CC1. The molecule has 1 unspecified atom stereocenters. The zero-order chi connectivity index (χ0) is 13.7. The fraction of sp³-hybridized carbons (Fsp3) is 0.571. The van der Waals surface area contributed by atoms with Gasteiger partial charge in [0.15, 0.2) is 0 Å². The number of piperidine rings is 1. The summed E-state index contributed by atoms with van der Waals surface area (Å²) in [7, 11) is 0. The number of hydrogen-bond donors (Lipinski definition) is 2. The van der Waals surface area contributed by atoms with Crippen molar-refractivity contribution in [1.29, 1.82) is 0 Å². The Hall–Kier alpha value is -0.810. The van der Waals surface area contributed by atoms with Gasteiger partial charge in [-0.15, -0.1) is 0 Å². The smallest absolute Gasteiger partial charge is 0.119 e. The lowest BCUT2D eigenvalue weighted by Gasteiger charge is -2.31. The Morgan fingerprint density at radius 2 is 1.95 bits per heavy atom. The van der Waals surface area contributed by atoms with Crippen LogP contribution in [0, 0.1) is 0 Å². The average Bonchev–Trinajstić information content (AvgIpc) is 2.41. The van der Waals surface area contributed by atoms with E-state index in [1.807, 2.05) is 0 Å². The number of β-amino-alcohol motifs (C(OH)–C–C–N with tert-alkyl or cyclic N) is 1. The van der Waals surface area contributed by atoms with Crippen LogP contribution in [0.2, 0.25) is 5.02 Å². The van der Waals surface area contributed by atoms with Crippen molar-refractivity contribution in [2.75, 3.05) is 26.2 Å². The molecule has 1 heterocycles. The van der Waals surface area contributed by atoms with E-state index in [4.69, 9.17) is 22.1 Å². The molecule has 0 radical (unpaired) electrons. The molecule has 106 valence electrons. The summed E-state index contributed by atoms with van der Waals surface area (Å²) in [5, 5.41) is 10.6. The number of nitrogens with two attached hydrogens (primary N) is 1. The van der Waals surface area contributed by atoms with Crippen LogP contribution in [0.4, 0.5) is 0 Å². The van der Waals surface area contributed by atoms with E-state index in [1.54, 1.807) is 24.3 Å². The molecule has 1 atom stereocenters. The Kier molecular flexibility index (Phi) is 5.45. The largest absolute Gasteiger partial charge is 0.491 e. The summed E-state index contributed by atoms with van der Waals surface area (Å²) in [5.74, 6) is 0.726. The monoisotopic (exact) mass is 284 g/mol. The molecule has 1 fully saturated rings. The van der Waals surface area contributed by atoms with Gasteiger partial charge in [-0.2, -0.15) is 0 Å². The molecule has 4 nitrogen and oxygen atoms in total. The molecule has 0 saturated carbocycles. The van der Waals surface area contributed by atoms with E-state index in [0.717, 1.165) is 31.7 Å². The van der Waals surface area contributed by atoms with Gasteiger partial charge in [-0.25, -0.2) is 0 Å². The minimum Gasteiger partial charge on any atom is -0.491 e. The van der Waals surface area contributed by atoms with Gasteiger partial charge in [0.25, 0.3) is 0 Å². The van der Waals surface area contributed by atoms with Crippen LogP contribution in [0.15, 0.2) is 24.3 Å². The highest BCUT2D eigenvalue weighted by Crippen LogP contribution is 2.16. The Morgan fingerprint density at radius 3 is 2.58 bits per heavy atom. The Bertz CT molecular complexity index is 378. The van der Waals surface area contributed by atoms with Crippen molar-refractivity contribution >= 4 is 11.6 Å². The summed E-state index contributed by atoms with van der Waals surface area (Å²) in [6, 6.07) is 7.47. The molecule has 0 aromatic heterocycles. The summed E-state index contributed by atoms with van der Waals surface area (Å²) >= 11 is 5.79. The molecule has 1 aromatic carbocycles. The summed E-state index contributed by atoms with van der Waals surface area (Å²) in [6.45, 7) is 2.85. The fourth-order valence-electron chi connectivity index (χ4n) is 2.21. The van der Waals surface area contributed by atoms with Crippen molar-refractivity contribution in [3.8, 4) is 5.75 Å². The van der Waals surface area contributed by atoms with Crippen molar-refractivity contribution in [3.05, 3.63) is 29.3 Å². The molecule has 2 rings (SSSR count). The second kappa shape index (κ2) is 7.10. The van der Waals surface area contributed by atoms with E-state index in [0.29, 0.717) is 24.2 Å². The topological polar surface area (TPSA) is 58.7 Å². The molecule has 5 heteroatoms. The van der Waals surface area contributed by atoms with Crippen LogP contribution in [0.5, 0.6) is 5.75 Å². The van der Waals surface area contributed by atoms with Crippen LogP contribution in [0.3, 0.4) is 0 Å². The maximum Gasteiger partial charge on any atom is 0.119 e. The highest BCUT2D eigenvalue weighted by atomic mass is 35.5. The molecule has 0 spiro atoms. The van der Waals surface area contributed by atoms with Crippen LogP contribution in [0.1, 0.15) is 12.8 Å². The van der Waals surface area contributed by atoms with Gasteiger partial charge in [0.2, 0.25) is 0 Å². The average molecular weight is 285 g/mol. The second-order valence-corrected chi connectivity index (χ2v) is 5.49. The number of aliphatic hydroxyl groups is 1. The van der Waals surface area contributed by atoms with E-state index < -0.39 is 6.10 Å². The first-order valence-corrected chi connectivity index (χ1v) is 7.05. The van der Waals surface area contributed by atoms with Crippen LogP contribution >= 0.6 is 11.6 Å². The second-order valence-electron chi connectivity index (χ2n) is 5.06. The van der Waals surface area contributed by atoms with Crippen LogP contribution in [-0.2, 0) is 0 Å². The zero-order valence-electron chi connectivity index (χ0n) is 11.0. The lowest BCUT2D eigenvalue weighted by atomic mass is 10.1. The van der Waals surface area contributed by atoms with Crippen molar-refractivity contribution in [1.82, 2.24) is 4.90 Å². The quantitative estimate of drug-likeness (QED) is 0.860. The first-order valence-electron chi connectivity index (χ1n) is 6.68. The van der Waals surface area contributed by atoms with Crippen molar-refractivity contribution in [2.24, 2.45) is 5.73 Å². The van der Waals surface area contributed by atoms with Crippen molar-refractivity contribution < 1.29 is 9.84 Å². The Balaban J connectivity index is 1.69. The Labute approximate surface area is 119 Å². The molecule has 0 amide bonds. The number of rotatable bonds is 5. The summed E-state index contributed by atoms with van der Waals surface area (Å²) < 4.78 is 5.53. The van der Waals surface area contributed by atoms with Gasteiger partial charge in [-0.1, -0.05) is 11.6 Å². The number of likely N-dealkylation sites (tertiary alicyclic amines) is 1. The Morgan fingerprint density at radius 1 is 1.32 bits per heavy atom. The number of aliphatic hydroxyl groups excluding tert-OH is 1. The normalized spacial score (nSPS) is 19.3. The number of nitrogens with zero attached hydrogens (tertiary/aromatic N) is 1.